The lowest BCUT2D eigenvalue weighted by atomic mass is 9.98. The molecule has 3 aromatic carbocycles. The second kappa shape index (κ2) is 16.9. The van der Waals surface area contributed by atoms with Crippen LogP contribution in [0.5, 0.6) is 5.75 Å². The van der Waals surface area contributed by atoms with Gasteiger partial charge in [-0.3, -0.25) is 14.6 Å². The Bertz CT molecular complexity index is 1780. The van der Waals surface area contributed by atoms with E-state index in [1.165, 1.54) is 0 Å². The second-order valence-electron chi connectivity index (χ2n) is 11.8. The van der Waals surface area contributed by atoms with Gasteiger partial charge in [0.05, 0.1) is 31.0 Å². The molecule has 0 unspecified atom stereocenters. The van der Waals surface area contributed by atoms with Crippen molar-refractivity contribution in [2.75, 3.05) is 25.9 Å². The molecule has 13 heteroatoms. The summed E-state index contributed by atoms with van der Waals surface area (Å²) in [6.07, 6.45) is 3.13. The summed E-state index contributed by atoms with van der Waals surface area (Å²) in [5.41, 5.74) is 4.17. The summed E-state index contributed by atoms with van der Waals surface area (Å²) in [5, 5.41) is 16.1. The second-order valence-corrected chi connectivity index (χ2v) is 12.6. The number of hydrazine groups is 1. The number of carbonyl (C=O) groups is 3. The van der Waals surface area contributed by atoms with Crippen molar-refractivity contribution in [3.63, 3.8) is 0 Å². The first-order valence-electron chi connectivity index (χ1n) is 15.8. The molecule has 0 aliphatic carbocycles. The molecule has 6 N–H and O–H groups in total. The number of hydrogen-bond acceptors (Lipinski definition) is 7. The number of phenols is 1. The van der Waals surface area contributed by atoms with Crippen molar-refractivity contribution >= 4 is 29.6 Å². The highest BCUT2D eigenvalue weighted by Crippen LogP contribution is 2.30. The fourth-order valence-electron chi connectivity index (χ4n) is 6.24. The summed E-state index contributed by atoms with van der Waals surface area (Å²) >= 11 is 1.67. The summed E-state index contributed by atoms with van der Waals surface area (Å²) in [7, 11) is 0. The Morgan fingerprint density at radius 2 is 1.68 bits per heavy atom. The number of piperazine rings is 1. The van der Waals surface area contributed by atoms with Crippen LogP contribution < -0.4 is 5.32 Å². The molecule has 2 atom stereocenters. The number of nitrogens with one attached hydrogen (secondary N) is 1. The number of pyridine rings is 1. The number of phenolic OH excluding ortho intramolecular Hbond substituents is 1. The van der Waals surface area contributed by atoms with Gasteiger partial charge in [0.2, 0.25) is 11.8 Å². The summed E-state index contributed by atoms with van der Waals surface area (Å²) in [6.45, 7) is 4.63. The Kier molecular flexibility index (Phi) is 12.7. The molecule has 3 heterocycles. The van der Waals surface area contributed by atoms with E-state index in [-0.39, 0.29) is 67.1 Å². The van der Waals surface area contributed by atoms with E-state index < -0.39 is 12.2 Å². The van der Waals surface area contributed by atoms with Gasteiger partial charge in [0, 0.05) is 30.0 Å². The number of fused-ring (bicyclic) bond motifs is 1. The minimum Gasteiger partial charge on any atom is -0.508 e. The molecule has 12 nitrogen and oxygen atoms in total. The molecule has 2 aliphatic heterocycles. The molecule has 1 aromatic heterocycles. The van der Waals surface area contributed by atoms with Crippen LogP contribution in [0.3, 0.4) is 0 Å². The van der Waals surface area contributed by atoms with Crippen molar-refractivity contribution < 1.29 is 30.4 Å². The zero-order chi connectivity index (χ0) is 33.6. The zero-order valence-corrected chi connectivity index (χ0v) is 28.6. The van der Waals surface area contributed by atoms with E-state index in [0.717, 1.165) is 27.3 Å². The van der Waals surface area contributed by atoms with E-state index in [1.54, 1.807) is 61.9 Å². The summed E-state index contributed by atoms with van der Waals surface area (Å²) in [5.74, 6) is -0.372. The number of carbonyl (C=O) groups excluding carboxylic acids is 3. The molecule has 50 heavy (non-hydrogen) atoms. The van der Waals surface area contributed by atoms with E-state index in [0.29, 0.717) is 12.2 Å². The van der Waals surface area contributed by atoms with Gasteiger partial charge in [0.15, 0.2) is 0 Å². The minimum atomic E-state index is -0.877. The van der Waals surface area contributed by atoms with E-state index in [9.17, 15) is 19.5 Å². The first-order valence-corrected chi connectivity index (χ1v) is 17.0. The fourth-order valence-corrected chi connectivity index (χ4v) is 6.65. The molecule has 2 saturated heterocycles. The van der Waals surface area contributed by atoms with Crippen molar-refractivity contribution in [3.05, 3.63) is 127 Å². The highest BCUT2D eigenvalue weighted by atomic mass is 32.2. The largest absolute Gasteiger partial charge is 0.508 e. The number of rotatable bonds is 10. The van der Waals surface area contributed by atoms with Crippen LogP contribution in [0.25, 0.3) is 11.3 Å². The molecule has 0 radical (unpaired) electrons. The Balaban J connectivity index is 0.00000281. The molecular formula is C37H42N6O6S. The van der Waals surface area contributed by atoms with Crippen LogP contribution in [-0.2, 0) is 29.1 Å². The maximum atomic E-state index is 14.3. The SMILES string of the molecule is C=CCN1CC(=O)N2[C@@H](Cc3ccc(O)cc3)C(=O)N(Cc3cccc(-c4ccc(SC)cc4)n3)C[C@@H]2N1C(=O)NCc1ccccc1.O.O. The standard InChI is InChI=1S/C37H38N6O4S.2H2O/c1-3-20-41-25-35(45)42-33(21-26-12-16-30(44)17-13-26)36(46)40(24-34(42)43(41)37(47)38-22-27-8-5-4-6-9-27)23-29-10-7-11-32(39-29)28-14-18-31(48-2)19-15-28;;/h3-19,33-34,44H,1,20-25H2,2H3,(H,38,47);2*1H2/t33-,34-;;/m0../s1. The lowest BCUT2D eigenvalue weighted by molar-refractivity contribution is -0.189. The van der Waals surface area contributed by atoms with Gasteiger partial charge < -0.3 is 31.2 Å². The van der Waals surface area contributed by atoms with Gasteiger partial charge in [-0.15, -0.1) is 18.3 Å². The van der Waals surface area contributed by atoms with Crippen LogP contribution in [0, 0.1) is 0 Å². The van der Waals surface area contributed by atoms with Gasteiger partial charge in [-0.1, -0.05) is 66.7 Å². The Hall–Kier alpha value is -5.21. The molecule has 2 aliphatic rings. The first kappa shape index (κ1) is 37.6. The molecule has 4 aromatic rings. The van der Waals surface area contributed by atoms with E-state index in [2.05, 4.69) is 24.0 Å². The van der Waals surface area contributed by atoms with Gasteiger partial charge in [-0.2, -0.15) is 0 Å². The highest BCUT2D eigenvalue weighted by molar-refractivity contribution is 7.98. The molecular weight excluding hydrogens is 657 g/mol. The molecule has 262 valence electrons. The fraction of sp³-hybridized carbons (Fsp3) is 0.243. The average Bonchev–Trinajstić information content (AvgIpc) is 3.10. The number of amides is 4. The topological polar surface area (TPSA) is 172 Å². The van der Waals surface area contributed by atoms with Gasteiger partial charge in [0.1, 0.15) is 18.0 Å². The Morgan fingerprint density at radius 3 is 2.36 bits per heavy atom. The van der Waals surface area contributed by atoms with Crippen LogP contribution in [0.15, 0.2) is 115 Å². The van der Waals surface area contributed by atoms with Crippen LogP contribution in [0.2, 0.25) is 0 Å². The van der Waals surface area contributed by atoms with Gasteiger partial charge >= 0.3 is 6.03 Å². The van der Waals surface area contributed by atoms with Crippen molar-refractivity contribution in [1.82, 2.24) is 30.1 Å². The number of thioether (sulfide) groups is 1. The van der Waals surface area contributed by atoms with Crippen molar-refractivity contribution in [1.29, 1.82) is 0 Å². The monoisotopic (exact) mass is 698 g/mol. The van der Waals surface area contributed by atoms with E-state index in [4.69, 9.17) is 4.98 Å². The summed E-state index contributed by atoms with van der Waals surface area (Å²) < 4.78 is 0. The van der Waals surface area contributed by atoms with Crippen LogP contribution >= 0.6 is 11.8 Å². The predicted octanol–water partition coefficient (Wildman–Crippen LogP) is 3.26. The zero-order valence-electron chi connectivity index (χ0n) is 27.7. The summed E-state index contributed by atoms with van der Waals surface area (Å²) in [6, 6.07) is 28.9. The molecule has 0 spiro atoms. The van der Waals surface area contributed by atoms with Crippen LogP contribution in [-0.4, -0.2) is 96.8 Å². The molecule has 0 bridgehead atoms. The average molecular weight is 699 g/mol. The van der Waals surface area contributed by atoms with Crippen LogP contribution in [0.4, 0.5) is 4.79 Å². The number of aromatic hydroxyl groups is 1. The molecule has 2 fully saturated rings. The molecule has 0 saturated carbocycles. The Morgan fingerprint density at radius 1 is 0.960 bits per heavy atom. The van der Waals surface area contributed by atoms with Gasteiger partial charge in [-0.25, -0.2) is 14.8 Å². The Labute approximate surface area is 295 Å². The summed E-state index contributed by atoms with van der Waals surface area (Å²) in [4.78, 5) is 51.4. The van der Waals surface area contributed by atoms with E-state index >= 15 is 0 Å². The third-order valence-corrected chi connectivity index (χ3v) is 9.32. The number of aromatic nitrogens is 1. The lowest BCUT2D eigenvalue weighted by Gasteiger charge is -2.55. The quantitative estimate of drug-likeness (QED) is 0.189. The van der Waals surface area contributed by atoms with Crippen molar-refractivity contribution in [2.24, 2.45) is 0 Å². The lowest BCUT2D eigenvalue weighted by Crippen LogP contribution is -2.76. The minimum absolute atomic E-state index is 0. The number of urea groups is 1. The maximum Gasteiger partial charge on any atom is 0.334 e. The normalized spacial score (nSPS) is 17.3. The number of hydrogen-bond donors (Lipinski definition) is 2. The first-order chi connectivity index (χ1) is 23.3. The number of nitrogens with zero attached hydrogens (tertiary/aromatic N) is 5. The number of benzene rings is 3. The molecule has 6 rings (SSSR count). The van der Waals surface area contributed by atoms with E-state index in [1.807, 2.05) is 66.9 Å². The molecule has 4 amide bonds. The highest BCUT2D eigenvalue weighted by Gasteiger charge is 2.51. The third-order valence-electron chi connectivity index (χ3n) is 8.58. The predicted molar refractivity (Wildman–Crippen MR) is 193 cm³/mol. The van der Waals surface area contributed by atoms with Crippen LogP contribution in [0.1, 0.15) is 16.8 Å². The van der Waals surface area contributed by atoms with Gasteiger partial charge in [-0.05, 0) is 53.8 Å². The van der Waals surface area contributed by atoms with Crippen molar-refractivity contribution in [2.45, 2.75) is 36.6 Å². The van der Waals surface area contributed by atoms with Crippen molar-refractivity contribution in [3.8, 4) is 17.0 Å². The maximum absolute atomic E-state index is 14.3. The smallest absolute Gasteiger partial charge is 0.334 e. The van der Waals surface area contributed by atoms with Gasteiger partial charge in [0.25, 0.3) is 0 Å². The third kappa shape index (κ3) is 8.32.